The van der Waals surface area contributed by atoms with Gasteiger partial charge in [0.05, 0.1) is 6.42 Å². The number of carboxylic acids is 2. The van der Waals surface area contributed by atoms with E-state index < -0.39 is 78.7 Å². The molecule has 5 amide bonds. The van der Waals surface area contributed by atoms with E-state index in [0.717, 1.165) is 18.4 Å². The molecule has 3 rings (SSSR count). The van der Waals surface area contributed by atoms with Gasteiger partial charge in [-0.1, -0.05) is 67.1 Å². The quantitative estimate of drug-likeness (QED) is 0.0500. The fraction of sp³-hybridized carbons (Fsp3) is 0.472. The molecule has 1 fully saturated rings. The van der Waals surface area contributed by atoms with Gasteiger partial charge in [0.25, 0.3) is 0 Å². The summed E-state index contributed by atoms with van der Waals surface area (Å²) >= 11 is 3.85. The van der Waals surface area contributed by atoms with Crippen molar-refractivity contribution in [1.82, 2.24) is 31.9 Å². The van der Waals surface area contributed by atoms with Crippen molar-refractivity contribution in [3.63, 3.8) is 0 Å². The summed E-state index contributed by atoms with van der Waals surface area (Å²) in [6.07, 6.45) is 3.59. The zero-order valence-electron chi connectivity index (χ0n) is 29.3. The van der Waals surface area contributed by atoms with Crippen LogP contribution in [0.1, 0.15) is 49.7 Å². The highest BCUT2D eigenvalue weighted by Crippen LogP contribution is 2.17. The van der Waals surface area contributed by atoms with E-state index in [0.29, 0.717) is 24.6 Å². The maximum Gasteiger partial charge on any atom is 0.327 e. The Kier molecular flexibility index (Phi) is 17.7. The van der Waals surface area contributed by atoms with Crippen LogP contribution in [0.3, 0.4) is 0 Å². The fourth-order valence-corrected chi connectivity index (χ4v) is 5.62. The van der Waals surface area contributed by atoms with E-state index in [4.69, 9.17) is 5.73 Å². The van der Waals surface area contributed by atoms with Crippen LogP contribution < -0.4 is 37.6 Å². The Balaban J connectivity index is 1.68. The van der Waals surface area contributed by atoms with Gasteiger partial charge in [-0.05, 0) is 36.9 Å². The summed E-state index contributed by atoms with van der Waals surface area (Å²) in [5, 5.41) is 34.3. The number of hydrogen-bond acceptors (Lipinski definition) is 10. The van der Waals surface area contributed by atoms with Gasteiger partial charge in [-0.25, -0.2) is 4.79 Å². The smallest absolute Gasteiger partial charge is 0.327 e. The molecule has 1 aliphatic carbocycles. The van der Waals surface area contributed by atoms with E-state index in [1.807, 2.05) is 30.3 Å². The van der Waals surface area contributed by atoms with Crippen LogP contribution in [0.4, 0.5) is 0 Å². The monoisotopic (exact) mass is 755 g/mol. The third-order valence-corrected chi connectivity index (χ3v) is 8.98. The van der Waals surface area contributed by atoms with Gasteiger partial charge in [0.1, 0.15) is 30.2 Å². The molecule has 2 aromatic carbocycles. The Bertz CT molecular complexity index is 1550. The first-order valence-electron chi connectivity index (χ1n) is 17.5. The van der Waals surface area contributed by atoms with Gasteiger partial charge in [-0.2, -0.15) is 12.6 Å². The predicted molar refractivity (Wildman–Crippen MR) is 198 cm³/mol. The third-order valence-electron chi connectivity index (χ3n) is 8.61. The third kappa shape index (κ3) is 15.2. The average molecular weight is 756 g/mol. The minimum Gasteiger partial charge on any atom is -0.481 e. The summed E-state index contributed by atoms with van der Waals surface area (Å²) in [7, 11) is 0. The molecule has 2 aromatic rings. The minimum absolute atomic E-state index is 0.0510. The largest absolute Gasteiger partial charge is 0.481 e. The molecule has 288 valence electrons. The maximum atomic E-state index is 13.8. The minimum atomic E-state index is -1.68. The molecule has 1 aliphatic rings. The lowest BCUT2D eigenvalue weighted by Gasteiger charge is -2.26. The lowest BCUT2D eigenvalue weighted by Crippen LogP contribution is -2.58. The summed E-state index contributed by atoms with van der Waals surface area (Å²) in [5.41, 5.74) is 7.49. The summed E-state index contributed by atoms with van der Waals surface area (Å²) in [6, 6.07) is 11.7. The molecule has 16 nitrogen and oxygen atoms in total. The van der Waals surface area contributed by atoms with Gasteiger partial charge in [-0.15, -0.1) is 0 Å². The Morgan fingerprint density at radius 1 is 0.717 bits per heavy atom. The number of aliphatic carboxylic acids is 2. The molecule has 1 saturated carbocycles. The zero-order chi connectivity index (χ0) is 38.8. The summed E-state index contributed by atoms with van der Waals surface area (Å²) < 4.78 is 0. The number of carboxylic acid groups (broad SMARTS) is 2. The van der Waals surface area contributed by atoms with E-state index in [1.54, 1.807) is 30.3 Å². The first-order valence-corrected chi connectivity index (χ1v) is 18.1. The number of rotatable bonds is 23. The number of nitrogens with one attached hydrogen (secondary N) is 6. The Morgan fingerprint density at radius 2 is 1.25 bits per heavy atom. The first kappa shape index (κ1) is 42.4. The van der Waals surface area contributed by atoms with Crippen LogP contribution in [-0.4, -0.2) is 107 Å². The van der Waals surface area contributed by atoms with Crippen LogP contribution in [0, 0.1) is 0 Å². The molecule has 0 radical (unpaired) electrons. The SMILES string of the molecule is N[C@@H](CNC(=O)[C@H](Cc1ccccc1)NC(=O)[C@H](Cc1ccccc1)NC(=O)CCCNC1CCC1)C(=O)NC(CC(=O)O)C(=O)NC(CS)C(=O)O. The van der Waals surface area contributed by atoms with Crippen molar-refractivity contribution in [3.05, 3.63) is 71.8 Å². The molecule has 0 aliphatic heterocycles. The van der Waals surface area contributed by atoms with Crippen molar-refractivity contribution >= 4 is 54.1 Å². The lowest BCUT2D eigenvalue weighted by molar-refractivity contribution is -0.143. The summed E-state index contributed by atoms with van der Waals surface area (Å²) in [4.78, 5) is 88.5. The van der Waals surface area contributed by atoms with E-state index in [-0.39, 0.29) is 30.9 Å². The number of benzene rings is 2. The standard InChI is InChI=1S/C36H49N7O9S/c37-25(32(47)41-28(19-31(45)46)35(50)43-29(21-53)36(51)52)20-39-33(48)26(17-22-9-3-1-4-10-22)42-34(49)27(18-23-11-5-2-6-12-23)40-30(44)15-8-16-38-24-13-7-14-24/h1-6,9-12,24-29,38,53H,7-8,13-21,37H2,(H,39,48)(H,40,44)(H,41,47)(H,42,49)(H,43,50)(H,45,46)(H,51,52)/t25-,26-,27-,28?,29?/m0/s1. The summed E-state index contributed by atoms with van der Waals surface area (Å²) in [6.45, 7) is 0.211. The molecule has 0 bridgehead atoms. The van der Waals surface area contributed by atoms with Crippen LogP contribution in [0.2, 0.25) is 0 Å². The van der Waals surface area contributed by atoms with Crippen molar-refractivity contribution in [2.75, 3.05) is 18.8 Å². The molecule has 2 unspecified atom stereocenters. The second-order valence-corrected chi connectivity index (χ2v) is 13.2. The van der Waals surface area contributed by atoms with Crippen molar-refractivity contribution in [2.24, 2.45) is 5.73 Å². The van der Waals surface area contributed by atoms with E-state index in [9.17, 15) is 43.8 Å². The molecular weight excluding hydrogens is 707 g/mol. The number of carbonyl (C=O) groups is 7. The normalized spacial score (nSPS) is 15.3. The van der Waals surface area contributed by atoms with Gasteiger partial charge >= 0.3 is 11.9 Å². The highest BCUT2D eigenvalue weighted by Gasteiger charge is 2.31. The topological polar surface area (TPSA) is 258 Å². The number of thiol groups is 1. The summed E-state index contributed by atoms with van der Waals surface area (Å²) in [5.74, 6) is -6.84. The van der Waals surface area contributed by atoms with Gasteiger partial charge < -0.3 is 47.8 Å². The second-order valence-electron chi connectivity index (χ2n) is 12.8. The van der Waals surface area contributed by atoms with Crippen LogP contribution in [0.5, 0.6) is 0 Å². The second kappa shape index (κ2) is 22.2. The number of amides is 5. The van der Waals surface area contributed by atoms with Gasteiger partial charge in [-0.3, -0.25) is 28.8 Å². The maximum absolute atomic E-state index is 13.8. The van der Waals surface area contributed by atoms with Gasteiger partial charge in [0.15, 0.2) is 0 Å². The predicted octanol–water partition coefficient (Wildman–Crippen LogP) is -0.734. The van der Waals surface area contributed by atoms with Crippen LogP contribution >= 0.6 is 12.6 Å². The molecule has 0 aromatic heterocycles. The fourth-order valence-electron chi connectivity index (χ4n) is 5.37. The van der Waals surface area contributed by atoms with Crippen LogP contribution in [-0.2, 0) is 46.4 Å². The molecular formula is C36H49N7O9S. The average Bonchev–Trinajstić information content (AvgIpc) is 3.11. The Labute approximate surface area is 313 Å². The number of carbonyl (C=O) groups excluding carboxylic acids is 5. The molecule has 0 heterocycles. The van der Waals surface area contributed by atoms with Gasteiger partial charge in [0.2, 0.25) is 29.5 Å². The molecule has 53 heavy (non-hydrogen) atoms. The number of nitrogens with two attached hydrogens (primary N) is 1. The van der Waals surface area contributed by atoms with Gasteiger partial charge in [0, 0.05) is 37.6 Å². The molecule has 0 spiro atoms. The Morgan fingerprint density at radius 3 is 1.75 bits per heavy atom. The lowest BCUT2D eigenvalue weighted by atomic mass is 9.93. The molecule has 0 saturated heterocycles. The van der Waals surface area contributed by atoms with E-state index in [2.05, 4.69) is 44.5 Å². The number of hydrogen-bond donors (Lipinski definition) is 10. The van der Waals surface area contributed by atoms with E-state index in [1.165, 1.54) is 6.42 Å². The highest BCUT2D eigenvalue weighted by molar-refractivity contribution is 7.80. The van der Waals surface area contributed by atoms with Crippen molar-refractivity contribution in [2.45, 2.75) is 87.6 Å². The van der Waals surface area contributed by atoms with E-state index >= 15 is 0 Å². The van der Waals surface area contributed by atoms with Crippen molar-refractivity contribution < 1.29 is 43.8 Å². The van der Waals surface area contributed by atoms with Crippen molar-refractivity contribution in [3.8, 4) is 0 Å². The first-order chi connectivity index (χ1) is 25.4. The molecule has 10 N–H and O–H groups in total. The highest BCUT2D eigenvalue weighted by atomic mass is 32.1. The molecule has 5 atom stereocenters. The molecule has 17 heteroatoms. The van der Waals surface area contributed by atoms with Crippen LogP contribution in [0.25, 0.3) is 0 Å². The van der Waals surface area contributed by atoms with Crippen molar-refractivity contribution in [1.29, 1.82) is 0 Å². The van der Waals surface area contributed by atoms with Crippen LogP contribution in [0.15, 0.2) is 60.7 Å². The zero-order valence-corrected chi connectivity index (χ0v) is 30.2. The Hall–Kier alpha value is -5.00.